The normalized spacial score (nSPS) is 11.9. The highest BCUT2D eigenvalue weighted by Crippen LogP contribution is 2.27. The van der Waals surface area contributed by atoms with Crippen LogP contribution in [-0.4, -0.2) is 9.97 Å². The minimum absolute atomic E-state index is 1.02. The van der Waals surface area contributed by atoms with E-state index >= 15 is 0 Å². The van der Waals surface area contributed by atoms with Gasteiger partial charge < -0.3 is 0 Å². The summed E-state index contributed by atoms with van der Waals surface area (Å²) in [5.74, 6) is 0. The van der Waals surface area contributed by atoms with E-state index in [0.717, 1.165) is 21.0 Å². The van der Waals surface area contributed by atoms with E-state index in [2.05, 4.69) is 72.4 Å². The predicted octanol–water partition coefficient (Wildman–Crippen LogP) is 5.69. The van der Waals surface area contributed by atoms with E-state index in [-0.39, 0.29) is 0 Å². The predicted molar refractivity (Wildman–Crippen MR) is 97.6 cm³/mol. The van der Waals surface area contributed by atoms with Gasteiger partial charge in [-0.05, 0) is 61.4 Å². The molecule has 0 aliphatic rings. The summed E-state index contributed by atoms with van der Waals surface area (Å²) in [6.07, 6.45) is 4.12. The van der Waals surface area contributed by atoms with Crippen molar-refractivity contribution < 1.29 is 0 Å². The molecule has 108 valence electrons. The molecule has 4 heteroatoms. The number of hydrogen-bond acceptors (Lipinski definition) is 4. The van der Waals surface area contributed by atoms with E-state index < -0.39 is 0 Å². The van der Waals surface area contributed by atoms with Gasteiger partial charge in [0.1, 0.15) is 10.0 Å². The van der Waals surface area contributed by atoms with Gasteiger partial charge in [-0.25, -0.2) is 9.97 Å². The van der Waals surface area contributed by atoms with Crippen LogP contribution in [0.3, 0.4) is 0 Å². The summed E-state index contributed by atoms with van der Waals surface area (Å²) < 4.78 is 2.45. The minimum atomic E-state index is 1.02. The quantitative estimate of drug-likeness (QED) is 0.473. The Morgan fingerprint density at radius 2 is 1.18 bits per heavy atom. The molecule has 0 N–H and O–H groups in total. The van der Waals surface area contributed by atoms with Gasteiger partial charge in [0.25, 0.3) is 0 Å². The van der Waals surface area contributed by atoms with Crippen LogP contribution in [0.1, 0.15) is 21.1 Å². The number of rotatable bonds is 2. The van der Waals surface area contributed by atoms with Gasteiger partial charge in [-0.3, -0.25) is 0 Å². The molecular formula is C18H14N2S2. The first-order valence-corrected chi connectivity index (χ1v) is 8.73. The molecule has 0 bridgehead atoms. The zero-order chi connectivity index (χ0) is 15.1. The Balaban J connectivity index is 1.68. The lowest BCUT2D eigenvalue weighted by Crippen LogP contribution is -1.73. The maximum Gasteiger partial charge on any atom is 0.117 e. The molecule has 0 saturated carbocycles. The van der Waals surface area contributed by atoms with Crippen LogP contribution in [0.2, 0.25) is 0 Å². The van der Waals surface area contributed by atoms with E-state index in [1.807, 2.05) is 0 Å². The highest BCUT2D eigenvalue weighted by atomic mass is 32.1. The topological polar surface area (TPSA) is 25.8 Å². The Labute approximate surface area is 136 Å². The van der Waals surface area contributed by atoms with Crippen molar-refractivity contribution in [1.82, 2.24) is 9.97 Å². The summed E-state index contributed by atoms with van der Waals surface area (Å²) in [5, 5.41) is 2.05. The zero-order valence-electron chi connectivity index (χ0n) is 12.3. The zero-order valence-corrected chi connectivity index (χ0v) is 14.0. The average molecular weight is 322 g/mol. The Morgan fingerprint density at radius 1 is 0.727 bits per heavy atom. The summed E-state index contributed by atoms with van der Waals surface area (Å²) in [6.45, 7) is 4.19. The van der Waals surface area contributed by atoms with Gasteiger partial charge in [0.15, 0.2) is 0 Å². The van der Waals surface area contributed by atoms with Crippen LogP contribution < -0.4 is 0 Å². The van der Waals surface area contributed by atoms with Crippen LogP contribution in [0.4, 0.5) is 0 Å². The molecule has 0 unspecified atom stereocenters. The first-order chi connectivity index (χ1) is 10.7. The SMILES string of the molecule is Cc1ccc2sc(/C=C/c3nc4cc(C)ccc4s3)nc2c1. The second-order valence-corrected chi connectivity index (χ2v) is 7.50. The van der Waals surface area contributed by atoms with Crippen molar-refractivity contribution in [2.45, 2.75) is 13.8 Å². The number of aromatic nitrogens is 2. The first-order valence-electron chi connectivity index (χ1n) is 7.10. The van der Waals surface area contributed by atoms with E-state index in [4.69, 9.17) is 0 Å². The van der Waals surface area contributed by atoms with Crippen LogP contribution in [0.25, 0.3) is 32.6 Å². The molecule has 2 nitrogen and oxygen atoms in total. The molecule has 0 aliphatic carbocycles. The standard InChI is InChI=1S/C18H14N2S2/c1-11-3-5-15-13(9-11)19-17(21-15)7-8-18-20-14-10-12(2)4-6-16(14)22-18/h3-10H,1-2H3/b8-7+. The van der Waals surface area contributed by atoms with Crippen LogP contribution in [0.15, 0.2) is 36.4 Å². The number of hydrogen-bond donors (Lipinski definition) is 0. The second-order valence-electron chi connectivity index (χ2n) is 5.38. The summed E-state index contributed by atoms with van der Waals surface area (Å²) in [4.78, 5) is 9.33. The highest BCUT2D eigenvalue weighted by molar-refractivity contribution is 7.20. The van der Waals surface area contributed by atoms with E-state index in [0.29, 0.717) is 0 Å². The van der Waals surface area contributed by atoms with E-state index in [1.165, 1.54) is 20.5 Å². The van der Waals surface area contributed by atoms with Crippen molar-refractivity contribution in [1.29, 1.82) is 0 Å². The van der Waals surface area contributed by atoms with Gasteiger partial charge in [-0.15, -0.1) is 22.7 Å². The molecule has 22 heavy (non-hydrogen) atoms. The third kappa shape index (κ3) is 2.56. The molecule has 2 aromatic heterocycles. The van der Waals surface area contributed by atoms with Gasteiger partial charge in [-0.2, -0.15) is 0 Å². The van der Waals surface area contributed by atoms with Crippen LogP contribution in [0, 0.1) is 13.8 Å². The molecule has 0 fully saturated rings. The van der Waals surface area contributed by atoms with Gasteiger partial charge in [-0.1, -0.05) is 12.1 Å². The fourth-order valence-electron chi connectivity index (χ4n) is 2.40. The Hall–Kier alpha value is -2.04. The fourth-order valence-corrected chi connectivity index (χ4v) is 4.10. The smallest absolute Gasteiger partial charge is 0.117 e. The number of aryl methyl sites for hydroxylation is 2. The Kier molecular flexibility index (Phi) is 3.28. The molecule has 0 amide bonds. The van der Waals surface area contributed by atoms with Crippen LogP contribution in [-0.2, 0) is 0 Å². The molecule has 4 rings (SSSR count). The minimum Gasteiger partial charge on any atom is -0.237 e. The van der Waals surface area contributed by atoms with Crippen molar-refractivity contribution in [2.75, 3.05) is 0 Å². The van der Waals surface area contributed by atoms with Crippen molar-refractivity contribution in [2.24, 2.45) is 0 Å². The third-order valence-corrected chi connectivity index (χ3v) is 5.49. The van der Waals surface area contributed by atoms with Crippen molar-refractivity contribution in [3.63, 3.8) is 0 Å². The summed E-state index contributed by atoms with van der Waals surface area (Å²) in [5.41, 5.74) is 4.64. The second kappa shape index (κ2) is 5.30. The molecule has 2 aromatic carbocycles. The number of benzene rings is 2. The first kappa shape index (κ1) is 13.6. The molecule has 0 atom stereocenters. The molecule has 0 radical (unpaired) electrons. The Morgan fingerprint density at radius 3 is 1.64 bits per heavy atom. The van der Waals surface area contributed by atoms with Crippen molar-refractivity contribution in [3.8, 4) is 0 Å². The molecule has 4 aromatic rings. The highest BCUT2D eigenvalue weighted by Gasteiger charge is 2.03. The lowest BCUT2D eigenvalue weighted by Gasteiger charge is -1.88. The number of thiazole rings is 2. The van der Waals surface area contributed by atoms with Crippen molar-refractivity contribution >= 4 is 55.3 Å². The summed E-state index contributed by atoms with van der Waals surface area (Å²) in [6, 6.07) is 12.8. The number of nitrogens with zero attached hydrogens (tertiary/aromatic N) is 2. The maximum absolute atomic E-state index is 4.67. The molecule has 0 saturated heterocycles. The lowest BCUT2D eigenvalue weighted by molar-refractivity contribution is 1.42. The number of fused-ring (bicyclic) bond motifs is 2. The molecular weight excluding hydrogens is 308 g/mol. The van der Waals surface area contributed by atoms with Gasteiger partial charge in [0.2, 0.25) is 0 Å². The van der Waals surface area contributed by atoms with E-state index in [9.17, 15) is 0 Å². The van der Waals surface area contributed by atoms with Gasteiger partial charge in [0.05, 0.1) is 20.4 Å². The summed E-state index contributed by atoms with van der Waals surface area (Å²) >= 11 is 3.43. The fraction of sp³-hybridized carbons (Fsp3) is 0.111. The lowest BCUT2D eigenvalue weighted by atomic mass is 10.2. The largest absolute Gasteiger partial charge is 0.237 e. The molecule has 0 aliphatic heterocycles. The van der Waals surface area contributed by atoms with Crippen LogP contribution in [0.5, 0.6) is 0 Å². The van der Waals surface area contributed by atoms with Gasteiger partial charge in [0, 0.05) is 0 Å². The van der Waals surface area contributed by atoms with Crippen molar-refractivity contribution in [3.05, 3.63) is 57.5 Å². The van der Waals surface area contributed by atoms with Crippen LogP contribution >= 0.6 is 22.7 Å². The average Bonchev–Trinajstić information content (AvgIpc) is 3.07. The molecule has 2 heterocycles. The van der Waals surface area contributed by atoms with Gasteiger partial charge >= 0.3 is 0 Å². The Bertz CT molecular complexity index is 926. The van der Waals surface area contributed by atoms with E-state index in [1.54, 1.807) is 22.7 Å². The summed E-state index contributed by atoms with van der Waals surface area (Å²) in [7, 11) is 0. The maximum atomic E-state index is 4.67. The monoisotopic (exact) mass is 322 g/mol. The molecule has 0 spiro atoms. The third-order valence-electron chi connectivity index (χ3n) is 3.49.